The fourth-order valence-electron chi connectivity index (χ4n) is 0. The molecular formula is C9H20O8. The Kier molecular flexibility index (Phi) is 34.4. The molecule has 0 saturated heterocycles. The van der Waals surface area contributed by atoms with Crippen LogP contribution in [0.25, 0.3) is 0 Å². The van der Waals surface area contributed by atoms with Gasteiger partial charge in [0.05, 0.1) is 13.2 Å². The van der Waals surface area contributed by atoms with Gasteiger partial charge < -0.3 is 25.5 Å². The zero-order valence-corrected chi connectivity index (χ0v) is 10.1. The molecule has 0 bridgehead atoms. The molecule has 0 amide bonds. The predicted molar refractivity (Wildman–Crippen MR) is 58.7 cm³/mol. The van der Waals surface area contributed by atoms with E-state index in [4.69, 9.17) is 35.1 Å². The maximum absolute atomic E-state index is 9.37. The SMILES string of the molecule is CC(=O)O.CC(=O)O.CCC(=O)O.OCCO. The number of hydrogen-bond acceptors (Lipinski definition) is 5. The summed E-state index contributed by atoms with van der Waals surface area (Å²) < 4.78 is 0. The van der Waals surface area contributed by atoms with Crippen molar-refractivity contribution in [2.45, 2.75) is 27.2 Å². The average Bonchev–Trinajstić information content (AvgIpc) is 2.16. The molecule has 5 N–H and O–H groups in total. The van der Waals surface area contributed by atoms with E-state index in [0.29, 0.717) is 0 Å². The molecule has 8 nitrogen and oxygen atoms in total. The minimum Gasteiger partial charge on any atom is -0.481 e. The molecule has 0 aromatic heterocycles. The molecule has 0 atom stereocenters. The Bertz CT molecular complexity index is 167. The highest BCUT2D eigenvalue weighted by atomic mass is 16.4. The largest absolute Gasteiger partial charge is 0.481 e. The highest BCUT2D eigenvalue weighted by molar-refractivity contribution is 5.66. The Morgan fingerprint density at radius 2 is 0.941 bits per heavy atom. The third-order valence-corrected chi connectivity index (χ3v) is 0.402. The summed E-state index contributed by atoms with van der Waals surface area (Å²) in [4.78, 5) is 27.4. The molecule has 0 spiro atoms. The Morgan fingerprint density at radius 3 is 0.941 bits per heavy atom. The molecule has 0 rings (SSSR count). The van der Waals surface area contributed by atoms with Crippen molar-refractivity contribution in [3.8, 4) is 0 Å². The molecule has 0 unspecified atom stereocenters. The number of hydrogen-bond donors (Lipinski definition) is 5. The van der Waals surface area contributed by atoms with Gasteiger partial charge in [-0.15, -0.1) is 0 Å². The zero-order valence-electron chi connectivity index (χ0n) is 10.1. The fraction of sp³-hybridized carbons (Fsp3) is 0.667. The van der Waals surface area contributed by atoms with Gasteiger partial charge in [-0.25, -0.2) is 0 Å². The maximum atomic E-state index is 9.37. The molecule has 17 heavy (non-hydrogen) atoms. The third-order valence-electron chi connectivity index (χ3n) is 0.402. The number of aliphatic carboxylic acids is 3. The summed E-state index contributed by atoms with van der Waals surface area (Å²) in [6, 6.07) is 0. The molecule has 0 aromatic carbocycles. The third kappa shape index (κ3) is 1230. The standard InChI is InChI=1S/C3H6O2.2C2H4O2.C2H6O2/c1-2-3(4)5;2*1-2(3)4;3-1-2-4/h2H2,1H3,(H,4,5);2*1H3,(H,3,4);3-4H,1-2H2. The van der Waals surface area contributed by atoms with Crippen molar-refractivity contribution < 1.29 is 39.9 Å². The quantitative estimate of drug-likeness (QED) is 0.448. The Labute approximate surface area is 99.1 Å². The van der Waals surface area contributed by atoms with Crippen LogP contribution in [0, 0.1) is 0 Å². The molecule has 104 valence electrons. The lowest BCUT2D eigenvalue weighted by atomic mass is 10.5. The Balaban J connectivity index is -0.0000000667. The van der Waals surface area contributed by atoms with Gasteiger partial charge in [0, 0.05) is 20.3 Å². The summed E-state index contributed by atoms with van der Waals surface area (Å²) in [5.74, 6) is -2.41. The van der Waals surface area contributed by atoms with Crippen LogP contribution in [0.5, 0.6) is 0 Å². The highest BCUT2D eigenvalue weighted by Crippen LogP contribution is 1.67. The van der Waals surface area contributed by atoms with Crippen LogP contribution in [0.4, 0.5) is 0 Å². The first-order valence-corrected chi connectivity index (χ1v) is 4.48. The molecular weight excluding hydrogens is 236 g/mol. The first-order chi connectivity index (χ1) is 7.65. The average molecular weight is 256 g/mol. The smallest absolute Gasteiger partial charge is 0.303 e. The lowest BCUT2D eigenvalue weighted by molar-refractivity contribution is -0.137. The monoisotopic (exact) mass is 256 g/mol. The molecule has 0 saturated carbocycles. The Morgan fingerprint density at radius 1 is 0.824 bits per heavy atom. The van der Waals surface area contributed by atoms with Crippen LogP contribution in [0.2, 0.25) is 0 Å². The molecule has 8 heteroatoms. The molecule has 0 aliphatic carbocycles. The molecule has 0 aliphatic heterocycles. The number of rotatable bonds is 2. The fourth-order valence-corrected chi connectivity index (χ4v) is 0. The number of carbonyl (C=O) groups is 3. The van der Waals surface area contributed by atoms with E-state index in [2.05, 4.69) is 0 Å². The van der Waals surface area contributed by atoms with E-state index in [0.717, 1.165) is 13.8 Å². The van der Waals surface area contributed by atoms with Gasteiger partial charge in [-0.3, -0.25) is 14.4 Å². The predicted octanol–water partition coefficient (Wildman–Crippen LogP) is -0.366. The lowest BCUT2D eigenvalue weighted by Gasteiger charge is -1.71. The molecule has 0 aliphatic rings. The van der Waals surface area contributed by atoms with Crippen molar-refractivity contribution in [1.29, 1.82) is 0 Å². The minimum atomic E-state index is -0.833. The van der Waals surface area contributed by atoms with E-state index < -0.39 is 17.9 Å². The molecule has 0 radical (unpaired) electrons. The molecule has 0 fully saturated rings. The number of aliphatic hydroxyl groups excluding tert-OH is 2. The van der Waals surface area contributed by atoms with Crippen LogP contribution < -0.4 is 0 Å². The molecule has 0 heterocycles. The van der Waals surface area contributed by atoms with Crippen molar-refractivity contribution >= 4 is 17.9 Å². The maximum Gasteiger partial charge on any atom is 0.303 e. The van der Waals surface area contributed by atoms with Gasteiger partial charge >= 0.3 is 5.97 Å². The lowest BCUT2D eigenvalue weighted by Crippen LogP contribution is -1.86. The number of aliphatic hydroxyl groups is 2. The second kappa shape index (κ2) is 23.9. The van der Waals surface area contributed by atoms with Gasteiger partial charge in [-0.2, -0.15) is 0 Å². The van der Waals surface area contributed by atoms with Crippen molar-refractivity contribution in [3.63, 3.8) is 0 Å². The van der Waals surface area contributed by atoms with Crippen molar-refractivity contribution in [1.82, 2.24) is 0 Å². The van der Waals surface area contributed by atoms with Gasteiger partial charge in [-0.1, -0.05) is 6.92 Å². The van der Waals surface area contributed by atoms with Crippen LogP contribution in [0.1, 0.15) is 27.2 Å². The van der Waals surface area contributed by atoms with Gasteiger partial charge in [0.2, 0.25) is 0 Å². The van der Waals surface area contributed by atoms with E-state index >= 15 is 0 Å². The summed E-state index contributed by atoms with van der Waals surface area (Å²) in [6.07, 6.45) is 0.222. The van der Waals surface area contributed by atoms with E-state index in [-0.39, 0.29) is 19.6 Å². The number of carboxylic acids is 3. The summed E-state index contributed by atoms with van der Waals surface area (Å²) in [5, 5.41) is 37.8. The van der Waals surface area contributed by atoms with Gasteiger partial charge in [0.15, 0.2) is 0 Å². The van der Waals surface area contributed by atoms with E-state index in [1.807, 2.05) is 0 Å². The van der Waals surface area contributed by atoms with Crippen LogP contribution in [-0.4, -0.2) is 56.7 Å². The van der Waals surface area contributed by atoms with Crippen LogP contribution >= 0.6 is 0 Å². The van der Waals surface area contributed by atoms with E-state index in [1.165, 1.54) is 0 Å². The highest BCUT2D eigenvalue weighted by Gasteiger charge is 1.80. The van der Waals surface area contributed by atoms with Crippen molar-refractivity contribution in [3.05, 3.63) is 0 Å². The van der Waals surface area contributed by atoms with Crippen molar-refractivity contribution in [2.24, 2.45) is 0 Å². The minimum absolute atomic E-state index is 0.125. The van der Waals surface area contributed by atoms with Gasteiger partial charge in [0.25, 0.3) is 11.9 Å². The second-order valence-corrected chi connectivity index (χ2v) is 2.23. The van der Waals surface area contributed by atoms with Gasteiger partial charge in [-0.05, 0) is 0 Å². The summed E-state index contributed by atoms with van der Waals surface area (Å²) in [7, 11) is 0. The summed E-state index contributed by atoms with van der Waals surface area (Å²) in [5.41, 5.74) is 0. The van der Waals surface area contributed by atoms with E-state index in [9.17, 15) is 4.79 Å². The van der Waals surface area contributed by atoms with Crippen LogP contribution in [-0.2, 0) is 14.4 Å². The van der Waals surface area contributed by atoms with E-state index in [1.54, 1.807) is 6.92 Å². The molecule has 0 aromatic rings. The van der Waals surface area contributed by atoms with Crippen LogP contribution in [0.15, 0.2) is 0 Å². The topological polar surface area (TPSA) is 152 Å². The summed E-state index contributed by atoms with van der Waals surface area (Å²) >= 11 is 0. The first-order valence-electron chi connectivity index (χ1n) is 4.48. The number of carboxylic acid groups (broad SMARTS) is 3. The van der Waals surface area contributed by atoms with Gasteiger partial charge in [0.1, 0.15) is 0 Å². The van der Waals surface area contributed by atoms with Crippen molar-refractivity contribution in [2.75, 3.05) is 13.2 Å². The zero-order chi connectivity index (χ0) is 14.9. The normalized spacial score (nSPS) is 6.88. The Hall–Kier alpha value is -1.67. The first kappa shape index (κ1) is 24.5. The summed E-state index contributed by atoms with van der Waals surface area (Å²) in [6.45, 7) is 3.52. The van der Waals surface area contributed by atoms with Crippen LogP contribution in [0.3, 0.4) is 0 Å². The second-order valence-electron chi connectivity index (χ2n) is 2.23.